The number of carbonyl (C=O) groups excluding carboxylic acids is 1. The lowest BCUT2D eigenvalue weighted by atomic mass is 10.2. The number of hydrogen-bond acceptors (Lipinski definition) is 4. The lowest BCUT2D eigenvalue weighted by Crippen LogP contribution is -2.25. The van der Waals surface area contributed by atoms with E-state index in [4.69, 9.17) is 10.5 Å². The summed E-state index contributed by atoms with van der Waals surface area (Å²) in [6.45, 7) is 5.07. The summed E-state index contributed by atoms with van der Waals surface area (Å²) in [5.74, 6) is -1.71. The number of anilines is 1. The molecule has 1 heterocycles. The van der Waals surface area contributed by atoms with Crippen LogP contribution in [0.15, 0.2) is 12.3 Å². The first-order valence-electron chi connectivity index (χ1n) is 4.44. The molecule has 1 aromatic heterocycles. The first kappa shape index (κ1) is 11.4. The Morgan fingerprint density at radius 2 is 2.13 bits per heavy atom. The number of aromatic nitrogens is 1. The predicted molar refractivity (Wildman–Crippen MR) is 53.8 cm³/mol. The Morgan fingerprint density at radius 1 is 1.53 bits per heavy atom. The van der Waals surface area contributed by atoms with Gasteiger partial charge < -0.3 is 10.5 Å². The molecule has 0 aliphatic heterocycles. The van der Waals surface area contributed by atoms with Gasteiger partial charge in [0.15, 0.2) is 0 Å². The van der Waals surface area contributed by atoms with Crippen LogP contribution in [-0.2, 0) is 4.74 Å². The zero-order valence-electron chi connectivity index (χ0n) is 8.87. The van der Waals surface area contributed by atoms with Crippen molar-refractivity contribution in [3.05, 3.63) is 23.8 Å². The molecule has 0 saturated heterocycles. The first-order chi connectivity index (χ1) is 6.81. The summed E-state index contributed by atoms with van der Waals surface area (Å²) < 4.78 is 18.2. The van der Waals surface area contributed by atoms with E-state index in [1.807, 2.05) is 0 Å². The van der Waals surface area contributed by atoms with E-state index in [2.05, 4.69) is 4.98 Å². The molecule has 0 aromatic carbocycles. The average molecular weight is 212 g/mol. The third-order valence-electron chi connectivity index (χ3n) is 1.54. The largest absolute Gasteiger partial charge is 0.456 e. The monoisotopic (exact) mass is 212 g/mol. The van der Waals surface area contributed by atoms with Crippen LogP contribution in [0.3, 0.4) is 0 Å². The fraction of sp³-hybridized carbons (Fsp3) is 0.400. The van der Waals surface area contributed by atoms with Crippen molar-refractivity contribution in [3.8, 4) is 0 Å². The number of rotatable bonds is 1. The Labute approximate surface area is 87.3 Å². The van der Waals surface area contributed by atoms with Crippen molar-refractivity contribution in [1.82, 2.24) is 4.98 Å². The number of nitrogen functional groups attached to an aromatic ring is 1. The fourth-order valence-electron chi connectivity index (χ4n) is 0.981. The van der Waals surface area contributed by atoms with Gasteiger partial charge in [0, 0.05) is 6.20 Å². The maximum atomic E-state index is 13.2. The summed E-state index contributed by atoms with van der Waals surface area (Å²) >= 11 is 0. The second-order valence-corrected chi connectivity index (χ2v) is 4.07. The van der Waals surface area contributed by atoms with Crippen LogP contribution in [0.1, 0.15) is 31.1 Å². The number of esters is 1. The van der Waals surface area contributed by atoms with E-state index in [1.54, 1.807) is 20.8 Å². The quantitative estimate of drug-likeness (QED) is 0.569. The number of ether oxygens (including phenoxy) is 1. The van der Waals surface area contributed by atoms with E-state index < -0.39 is 17.5 Å². The van der Waals surface area contributed by atoms with Gasteiger partial charge in [-0.2, -0.15) is 4.39 Å². The van der Waals surface area contributed by atoms with Gasteiger partial charge in [-0.15, -0.1) is 0 Å². The van der Waals surface area contributed by atoms with E-state index in [0.29, 0.717) is 0 Å². The summed E-state index contributed by atoms with van der Waals surface area (Å²) in [5.41, 5.74) is 4.48. The molecule has 2 N–H and O–H groups in total. The molecule has 0 bridgehead atoms. The van der Waals surface area contributed by atoms with Gasteiger partial charge in [-0.3, -0.25) is 0 Å². The molecule has 0 aliphatic rings. The molecule has 0 fully saturated rings. The smallest absolute Gasteiger partial charge is 0.345 e. The molecule has 82 valence electrons. The van der Waals surface area contributed by atoms with Gasteiger partial charge in [-0.1, -0.05) is 0 Å². The zero-order valence-corrected chi connectivity index (χ0v) is 8.87. The van der Waals surface area contributed by atoms with E-state index in [9.17, 15) is 9.18 Å². The van der Waals surface area contributed by atoms with Gasteiger partial charge in [0.1, 0.15) is 11.2 Å². The van der Waals surface area contributed by atoms with Gasteiger partial charge in [0.05, 0.1) is 5.69 Å². The molecule has 0 unspecified atom stereocenters. The lowest BCUT2D eigenvalue weighted by molar-refractivity contribution is 0.00651. The minimum absolute atomic E-state index is 0.0248. The van der Waals surface area contributed by atoms with Gasteiger partial charge in [-0.05, 0) is 26.8 Å². The van der Waals surface area contributed by atoms with E-state index in [0.717, 1.165) is 0 Å². The molecule has 0 aliphatic carbocycles. The number of nitrogens with two attached hydrogens (primary N) is 1. The topological polar surface area (TPSA) is 65.2 Å². The number of halogens is 1. The van der Waals surface area contributed by atoms with Crippen LogP contribution in [0.4, 0.5) is 10.1 Å². The van der Waals surface area contributed by atoms with Crippen molar-refractivity contribution in [1.29, 1.82) is 0 Å². The standard InChI is InChI=1S/C10H13FN2O2/c1-10(2,3)15-9(14)7-6(12)4-5-13-8(7)11/h4-5H,1-3H3,(H2,12,13). The highest BCUT2D eigenvalue weighted by Gasteiger charge is 2.23. The van der Waals surface area contributed by atoms with E-state index in [-0.39, 0.29) is 11.3 Å². The van der Waals surface area contributed by atoms with Crippen molar-refractivity contribution in [2.45, 2.75) is 26.4 Å². The molecular formula is C10H13FN2O2. The van der Waals surface area contributed by atoms with Crippen molar-refractivity contribution in [2.24, 2.45) is 0 Å². The number of nitrogens with zero attached hydrogens (tertiary/aromatic N) is 1. The Balaban J connectivity index is 3.02. The second kappa shape index (κ2) is 3.84. The van der Waals surface area contributed by atoms with Crippen LogP contribution in [0.5, 0.6) is 0 Å². The Hall–Kier alpha value is -1.65. The minimum Gasteiger partial charge on any atom is -0.456 e. The molecule has 0 amide bonds. The van der Waals surface area contributed by atoms with Crippen LogP contribution < -0.4 is 5.73 Å². The number of carbonyl (C=O) groups is 1. The normalized spacial score (nSPS) is 11.2. The van der Waals surface area contributed by atoms with Gasteiger partial charge in [0.25, 0.3) is 0 Å². The highest BCUT2D eigenvalue weighted by molar-refractivity contribution is 5.95. The second-order valence-electron chi connectivity index (χ2n) is 4.07. The van der Waals surface area contributed by atoms with E-state index >= 15 is 0 Å². The maximum Gasteiger partial charge on any atom is 0.345 e. The van der Waals surface area contributed by atoms with Crippen LogP contribution in [-0.4, -0.2) is 16.6 Å². The Bertz CT molecular complexity index is 365. The van der Waals surface area contributed by atoms with Crippen LogP contribution in [0.25, 0.3) is 0 Å². The molecule has 0 saturated carbocycles. The molecule has 1 aromatic rings. The Kier molecular flexibility index (Phi) is 2.93. The fourth-order valence-corrected chi connectivity index (χ4v) is 0.981. The molecule has 0 atom stereocenters. The summed E-state index contributed by atoms with van der Waals surface area (Å²) in [6.07, 6.45) is 1.19. The molecular weight excluding hydrogens is 199 g/mol. The highest BCUT2D eigenvalue weighted by atomic mass is 19.1. The van der Waals surface area contributed by atoms with Crippen molar-refractivity contribution in [3.63, 3.8) is 0 Å². The molecule has 0 spiro atoms. The summed E-state index contributed by atoms with van der Waals surface area (Å²) in [7, 11) is 0. The van der Waals surface area contributed by atoms with E-state index in [1.165, 1.54) is 12.3 Å². The van der Waals surface area contributed by atoms with Gasteiger partial charge >= 0.3 is 5.97 Å². The van der Waals surface area contributed by atoms with Gasteiger partial charge in [-0.25, -0.2) is 9.78 Å². The number of pyridine rings is 1. The van der Waals surface area contributed by atoms with Gasteiger partial charge in [0.2, 0.25) is 5.95 Å². The summed E-state index contributed by atoms with van der Waals surface area (Å²) in [6, 6.07) is 1.35. The maximum absolute atomic E-state index is 13.2. The number of hydrogen-bond donors (Lipinski definition) is 1. The SMILES string of the molecule is CC(C)(C)OC(=O)c1c(N)ccnc1F. The summed E-state index contributed by atoms with van der Waals surface area (Å²) in [5, 5.41) is 0. The third kappa shape index (κ3) is 2.90. The van der Waals surface area contributed by atoms with Crippen LogP contribution >= 0.6 is 0 Å². The zero-order chi connectivity index (χ0) is 11.6. The van der Waals surface area contributed by atoms with Crippen molar-refractivity contribution < 1.29 is 13.9 Å². The summed E-state index contributed by atoms with van der Waals surface area (Å²) in [4.78, 5) is 14.9. The Morgan fingerprint density at radius 3 is 2.60 bits per heavy atom. The molecule has 1 rings (SSSR count). The minimum atomic E-state index is -0.913. The van der Waals surface area contributed by atoms with Crippen molar-refractivity contribution >= 4 is 11.7 Å². The molecule has 4 nitrogen and oxygen atoms in total. The van der Waals surface area contributed by atoms with Crippen molar-refractivity contribution in [2.75, 3.05) is 5.73 Å². The average Bonchev–Trinajstić information content (AvgIpc) is 1.99. The highest BCUT2D eigenvalue weighted by Crippen LogP contribution is 2.18. The first-order valence-corrected chi connectivity index (χ1v) is 4.44. The molecule has 0 radical (unpaired) electrons. The predicted octanol–water partition coefficient (Wildman–Crippen LogP) is 1.76. The third-order valence-corrected chi connectivity index (χ3v) is 1.54. The molecule has 15 heavy (non-hydrogen) atoms. The molecule has 5 heteroatoms. The lowest BCUT2D eigenvalue weighted by Gasteiger charge is -2.19. The van der Waals surface area contributed by atoms with Crippen LogP contribution in [0.2, 0.25) is 0 Å². The van der Waals surface area contributed by atoms with Crippen LogP contribution in [0, 0.1) is 5.95 Å².